The van der Waals surface area contributed by atoms with Crippen LogP contribution in [0.5, 0.6) is 0 Å². The monoisotopic (exact) mass is 798 g/mol. The Morgan fingerprint density at radius 2 is 1.21 bits per heavy atom. The molecular formula is C28H52N2Na2O21. The van der Waals surface area contributed by atoms with Crippen LogP contribution in [0.25, 0.3) is 0 Å². The molecule has 0 fully saturated rings. The summed E-state index contributed by atoms with van der Waals surface area (Å²) in [6, 6.07) is -1.48. The Bertz CT molecular complexity index is 1030. The van der Waals surface area contributed by atoms with E-state index in [1.807, 2.05) is 0 Å². The van der Waals surface area contributed by atoms with E-state index in [0.29, 0.717) is 0 Å². The van der Waals surface area contributed by atoms with E-state index < -0.39 is 123 Å². The molecule has 0 heterocycles. The first-order valence-corrected chi connectivity index (χ1v) is 15.2. The third-order valence-corrected chi connectivity index (χ3v) is 6.47. The minimum Gasteiger partial charge on any atom is -0.547 e. The number of ether oxygens (including phenoxy) is 6. The van der Waals surface area contributed by atoms with Crippen molar-refractivity contribution in [1.29, 1.82) is 0 Å². The summed E-state index contributed by atoms with van der Waals surface area (Å²) in [4.78, 5) is 44.0. The van der Waals surface area contributed by atoms with Crippen LogP contribution in [0.15, 0.2) is 0 Å². The number of methoxy groups -OCH3 is 1. The summed E-state index contributed by atoms with van der Waals surface area (Å²) in [5, 5.41) is 116. The molecular weight excluding hydrogens is 746 g/mol. The number of nitrogens with one attached hydrogen (secondary N) is 1. The summed E-state index contributed by atoms with van der Waals surface area (Å²) < 4.78 is 31.1. The van der Waals surface area contributed by atoms with Gasteiger partial charge in [0.1, 0.15) is 43.2 Å². The fourth-order valence-corrected chi connectivity index (χ4v) is 3.80. The van der Waals surface area contributed by atoms with Gasteiger partial charge in [-0.25, -0.2) is 0 Å². The maximum atomic E-state index is 11.9. The maximum Gasteiger partial charge on any atom is 1.00 e. The molecule has 2 amide bonds. The standard InChI is InChI=1S/C26H49NO20.C2H5NO.2Na/c1-9(29)12(4)44-15(8-43-26(24(39)40)47-18(11(3)31)22(35)36)45-20(21(42-6)23(37)38)17(34)25(41)46-19(16(33)10(2)30)14(7-28)27-13(5)32;1-2(3)4;;/h9-12,14-21,24-26,28-31,33-34,39-41H,7-8H2,1-6H3,(H,27,32)(H,35,36)(H,37,38);1H3,(H2,3,4);;/q;;2*+1/p-2/t9?,10?,11?,12?,14?,15?,16?,17?,18?,19?,20?,21?,25-,26?;;;/m1.../s1. The van der Waals surface area contributed by atoms with E-state index in [1.54, 1.807) is 0 Å². The minimum absolute atomic E-state index is 0. The largest absolute Gasteiger partial charge is 1.00 e. The summed E-state index contributed by atoms with van der Waals surface area (Å²) in [7, 11) is 0.836. The molecule has 0 spiro atoms. The molecule has 0 aliphatic rings. The molecule has 0 aromatic rings. The normalized spacial score (nSPS) is 19.3. The Morgan fingerprint density at radius 3 is 1.55 bits per heavy atom. The number of hydrogen-bond acceptors (Lipinski definition) is 21. The zero-order valence-corrected chi connectivity index (χ0v) is 35.1. The zero-order chi connectivity index (χ0) is 40.3. The van der Waals surface area contributed by atoms with Crippen LogP contribution in [0.1, 0.15) is 41.5 Å². The van der Waals surface area contributed by atoms with Crippen LogP contribution in [0, 0.1) is 0 Å². The molecule has 0 saturated heterocycles. The second kappa shape index (κ2) is 30.4. The second-order valence-electron chi connectivity index (χ2n) is 11.1. The third kappa shape index (κ3) is 23.8. The van der Waals surface area contributed by atoms with Crippen LogP contribution >= 0.6 is 0 Å². The van der Waals surface area contributed by atoms with E-state index in [2.05, 4.69) is 11.1 Å². The van der Waals surface area contributed by atoms with Crippen LogP contribution in [-0.4, -0.2) is 182 Å². The van der Waals surface area contributed by atoms with Crippen molar-refractivity contribution >= 4 is 23.8 Å². The smallest absolute Gasteiger partial charge is 0.547 e. The molecule has 0 aliphatic carbocycles. The van der Waals surface area contributed by atoms with Gasteiger partial charge in [0.2, 0.25) is 24.4 Å². The molecule has 0 aliphatic heterocycles. The summed E-state index contributed by atoms with van der Waals surface area (Å²) in [5.41, 5.74) is 4.47. The number of hydrogen-bond donors (Lipinski definition) is 11. The fourth-order valence-electron chi connectivity index (χ4n) is 3.80. The van der Waals surface area contributed by atoms with Gasteiger partial charge in [-0.1, -0.05) is 0 Å². The summed E-state index contributed by atoms with van der Waals surface area (Å²) in [6.45, 7) is 5.06. The summed E-state index contributed by atoms with van der Waals surface area (Å²) in [5.74, 6) is -5.05. The summed E-state index contributed by atoms with van der Waals surface area (Å²) >= 11 is 0. The van der Waals surface area contributed by atoms with Crippen molar-refractivity contribution in [3.63, 3.8) is 0 Å². The predicted molar refractivity (Wildman–Crippen MR) is 160 cm³/mol. The van der Waals surface area contributed by atoms with Crippen LogP contribution in [0.2, 0.25) is 0 Å². The Hall–Kier alpha value is -0.720. The topological polar surface area (TPSA) is 390 Å². The molecule has 302 valence electrons. The van der Waals surface area contributed by atoms with Crippen molar-refractivity contribution in [1.82, 2.24) is 5.32 Å². The van der Waals surface area contributed by atoms with E-state index >= 15 is 0 Å². The van der Waals surface area contributed by atoms with Crippen LogP contribution in [0.4, 0.5) is 0 Å². The molecule has 23 nitrogen and oxygen atoms in total. The van der Waals surface area contributed by atoms with Gasteiger partial charge in [0.25, 0.3) is 0 Å². The maximum absolute atomic E-state index is 11.9. The number of carbonyl (C=O) groups excluding carboxylic acids is 4. The number of carbonyl (C=O) groups is 4. The SMILES string of the molecule is CC(N)=O.COC(C(=O)[O-])C(OC(COC(OC(C(=O)[O-])C(C)O)C(O)O)OC(C)C(C)O)C(O)[C@H](O)OC(C(CO)NC(C)=O)C(O)C(C)O.[Na+].[Na+]. The van der Waals surface area contributed by atoms with Crippen LogP contribution in [0.3, 0.4) is 0 Å². The van der Waals surface area contributed by atoms with Crippen molar-refractivity contribution in [2.24, 2.45) is 5.73 Å². The summed E-state index contributed by atoms with van der Waals surface area (Å²) in [6.07, 6.45) is -27.9. The molecule has 25 heteroatoms. The fraction of sp³-hybridized carbons (Fsp3) is 0.857. The van der Waals surface area contributed by atoms with Gasteiger partial charge in [0.15, 0.2) is 12.6 Å². The Kier molecular flexibility index (Phi) is 33.9. The van der Waals surface area contributed by atoms with Gasteiger partial charge < -0.3 is 105 Å². The molecule has 0 bridgehead atoms. The number of primary amides is 1. The van der Waals surface area contributed by atoms with Gasteiger partial charge in [-0.2, -0.15) is 0 Å². The average Bonchev–Trinajstić information content (AvgIpc) is 3.00. The first kappa shape index (κ1) is 59.0. The van der Waals surface area contributed by atoms with Crippen molar-refractivity contribution in [2.75, 3.05) is 20.3 Å². The van der Waals surface area contributed by atoms with Crippen LogP contribution < -0.4 is 80.4 Å². The first-order chi connectivity index (χ1) is 23.4. The van der Waals surface area contributed by atoms with E-state index in [1.165, 1.54) is 20.8 Å². The second-order valence-corrected chi connectivity index (χ2v) is 11.1. The van der Waals surface area contributed by atoms with Crippen molar-refractivity contribution in [3.05, 3.63) is 0 Å². The van der Waals surface area contributed by atoms with Crippen molar-refractivity contribution in [3.8, 4) is 0 Å². The van der Waals surface area contributed by atoms with Crippen molar-refractivity contribution < 1.29 is 163 Å². The number of carboxylic acid groups (broad SMARTS) is 2. The number of aliphatic hydroxyl groups excluding tert-OH is 8. The number of amides is 2. The first-order valence-electron chi connectivity index (χ1n) is 15.2. The molecule has 12 N–H and O–H groups in total. The Labute approximate surface area is 349 Å². The van der Waals surface area contributed by atoms with Gasteiger partial charge >= 0.3 is 59.1 Å². The molecule has 0 aromatic carbocycles. The molecule has 0 rings (SSSR count). The minimum atomic E-state index is -2.56. The molecule has 53 heavy (non-hydrogen) atoms. The van der Waals surface area contributed by atoms with Gasteiger partial charge in [-0.05, 0) is 27.7 Å². The molecule has 0 radical (unpaired) electrons. The van der Waals surface area contributed by atoms with E-state index in [-0.39, 0.29) is 65.0 Å². The number of aliphatic hydroxyl groups is 9. The predicted octanol–water partition coefficient (Wildman–Crippen LogP) is -14.8. The third-order valence-electron chi connectivity index (χ3n) is 6.47. The van der Waals surface area contributed by atoms with Crippen LogP contribution in [-0.2, 0) is 47.6 Å². The van der Waals surface area contributed by atoms with E-state index in [4.69, 9.17) is 28.4 Å². The Morgan fingerprint density at radius 1 is 0.717 bits per heavy atom. The van der Waals surface area contributed by atoms with Crippen molar-refractivity contribution in [2.45, 2.75) is 134 Å². The molecule has 14 atom stereocenters. The molecule has 0 aromatic heterocycles. The Balaban J connectivity index is -0.00000189. The molecule has 0 saturated carbocycles. The molecule has 13 unspecified atom stereocenters. The van der Waals surface area contributed by atoms with E-state index in [9.17, 15) is 75.3 Å². The van der Waals surface area contributed by atoms with Gasteiger partial charge in [-0.3, -0.25) is 9.59 Å². The van der Waals surface area contributed by atoms with Gasteiger partial charge in [0, 0.05) is 21.0 Å². The number of nitrogens with two attached hydrogens (primary N) is 1. The quantitative estimate of drug-likeness (QED) is 0.0302. The number of carboxylic acids is 2. The number of aliphatic carboxylic acids is 2. The zero-order valence-electron chi connectivity index (χ0n) is 31.1. The van der Waals surface area contributed by atoms with E-state index in [0.717, 1.165) is 27.9 Å². The average molecular weight is 799 g/mol. The number of rotatable bonds is 25. The van der Waals surface area contributed by atoms with Gasteiger partial charge in [0.05, 0.1) is 49.0 Å². The van der Waals surface area contributed by atoms with Gasteiger partial charge in [-0.15, -0.1) is 0 Å².